The van der Waals surface area contributed by atoms with Crippen molar-refractivity contribution in [2.24, 2.45) is 11.5 Å². The topological polar surface area (TPSA) is 115 Å². The standard InChI is InChI=1S/C12H15N3O3/c1-7-2-4-8(5-3-7)6-9(16)15-10(11(13)17)12(14)18/h2-5,10H,6H2,1H3,(H2,13,17)(H2,14,18)(H,15,16). The van der Waals surface area contributed by atoms with Crippen LogP contribution in [-0.4, -0.2) is 23.8 Å². The third kappa shape index (κ3) is 3.89. The number of amides is 3. The summed E-state index contributed by atoms with van der Waals surface area (Å²) in [5.74, 6) is -2.43. The zero-order chi connectivity index (χ0) is 13.7. The first-order chi connectivity index (χ1) is 8.40. The van der Waals surface area contributed by atoms with Crippen LogP contribution in [0.3, 0.4) is 0 Å². The molecule has 6 heteroatoms. The van der Waals surface area contributed by atoms with E-state index in [1.165, 1.54) is 0 Å². The zero-order valence-electron chi connectivity index (χ0n) is 9.97. The molecule has 0 aliphatic heterocycles. The van der Waals surface area contributed by atoms with Gasteiger partial charge in [-0.15, -0.1) is 0 Å². The van der Waals surface area contributed by atoms with Gasteiger partial charge in [0, 0.05) is 0 Å². The van der Waals surface area contributed by atoms with E-state index in [9.17, 15) is 14.4 Å². The Labute approximate surface area is 104 Å². The van der Waals surface area contributed by atoms with E-state index >= 15 is 0 Å². The van der Waals surface area contributed by atoms with Gasteiger partial charge in [0.1, 0.15) is 0 Å². The molecule has 5 N–H and O–H groups in total. The number of hydrogen-bond donors (Lipinski definition) is 3. The van der Waals surface area contributed by atoms with Gasteiger partial charge in [-0.2, -0.15) is 0 Å². The molecule has 0 fully saturated rings. The van der Waals surface area contributed by atoms with Crippen LogP contribution in [0.5, 0.6) is 0 Å². The van der Waals surface area contributed by atoms with Crippen molar-refractivity contribution in [3.8, 4) is 0 Å². The maximum atomic E-state index is 11.6. The highest BCUT2D eigenvalue weighted by Gasteiger charge is 2.23. The van der Waals surface area contributed by atoms with Gasteiger partial charge in [-0.3, -0.25) is 14.4 Å². The van der Waals surface area contributed by atoms with Crippen molar-refractivity contribution in [1.82, 2.24) is 5.32 Å². The monoisotopic (exact) mass is 249 g/mol. The van der Waals surface area contributed by atoms with Gasteiger partial charge in [0.25, 0.3) is 0 Å². The highest BCUT2D eigenvalue weighted by atomic mass is 16.2. The van der Waals surface area contributed by atoms with Crippen LogP contribution in [0.25, 0.3) is 0 Å². The fourth-order valence-electron chi connectivity index (χ4n) is 1.39. The molecule has 0 atom stereocenters. The molecule has 96 valence electrons. The average molecular weight is 249 g/mol. The molecule has 18 heavy (non-hydrogen) atoms. The lowest BCUT2D eigenvalue weighted by atomic mass is 10.1. The first kappa shape index (κ1) is 13.7. The van der Waals surface area contributed by atoms with Gasteiger partial charge in [-0.25, -0.2) is 0 Å². The van der Waals surface area contributed by atoms with Gasteiger partial charge in [-0.05, 0) is 12.5 Å². The van der Waals surface area contributed by atoms with Gasteiger partial charge >= 0.3 is 0 Å². The van der Waals surface area contributed by atoms with Gasteiger partial charge in [0.15, 0.2) is 6.04 Å². The molecular formula is C12H15N3O3. The zero-order valence-corrected chi connectivity index (χ0v) is 9.97. The highest BCUT2D eigenvalue weighted by molar-refractivity contribution is 6.05. The van der Waals surface area contributed by atoms with Gasteiger partial charge in [-0.1, -0.05) is 29.8 Å². The Morgan fingerprint density at radius 2 is 1.61 bits per heavy atom. The first-order valence-electron chi connectivity index (χ1n) is 5.33. The number of carbonyl (C=O) groups excluding carboxylic acids is 3. The van der Waals surface area contributed by atoms with Crippen LogP contribution in [-0.2, 0) is 20.8 Å². The first-order valence-corrected chi connectivity index (χ1v) is 5.33. The molecule has 1 rings (SSSR count). The number of primary amides is 2. The SMILES string of the molecule is Cc1ccc(CC(=O)NC(C(N)=O)C(N)=O)cc1. The lowest BCUT2D eigenvalue weighted by Crippen LogP contribution is -2.52. The van der Waals surface area contributed by atoms with Crippen LogP contribution >= 0.6 is 0 Å². The summed E-state index contributed by atoms with van der Waals surface area (Å²) in [5, 5.41) is 2.19. The van der Waals surface area contributed by atoms with Crippen LogP contribution in [0.2, 0.25) is 0 Å². The van der Waals surface area contributed by atoms with E-state index < -0.39 is 23.8 Å². The van der Waals surface area contributed by atoms with Crippen molar-refractivity contribution < 1.29 is 14.4 Å². The maximum Gasteiger partial charge on any atom is 0.249 e. The predicted octanol–water partition coefficient (Wildman–Crippen LogP) is -1.01. The van der Waals surface area contributed by atoms with Crippen LogP contribution in [0.1, 0.15) is 11.1 Å². The summed E-state index contributed by atoms with van der Waals surface area (Å²) in [6.07, 6.45) is 0.0529. The summed E-state index contributed by atoms with van der Waals surface area (Å²) in [5.41, 5.74) is 11.7. The molecule has 0 aliphatic carbocycles. The largest absolute Gasteiger partial charge is 0.367 e. The molecule has 0 aliphatic rings. The van der Waals surface area contributed by atoms with Crippen molar-refractivity contribution in [2.45, 2.75) is 19.4 Å². The molecule has 3 amide bonds. The Morgan fingerprint density at radius 1 is 1.11 bits per heavy atom. The number of benzene rings is 1. The number of hydrogen-bond acceptors (Lipinski definition) is 3. The minimum atomic E-state index is -1.47. The summed E-state index contributed by atoms with van der Waals surface area (Å²) in [6.45, 7) is 1.93. The van der Waals surface area contributed by atoms with Gasteiger partial charge < -0.3 is 16.8 Å². The quantitative estimate of drug-likeness (QED) is 0.581. The lowest BCUT2D eigenvalue weighted by molar-refractivity contribution is -0.133. The molecule has 0 unspecified atom stereocenters. The summed E-state index contributed by atoms with van der Waals surface area (Å²) in [6, 6.07) is 5.84. The van der Waals surface area contributed by atoms with Crippen LogP contribution < -0.4 is 16.8 Å². The minimum Gasteiger partial charge on any atom is -0.367 e. The van der Waals surface area contributed by atoms with E-state index in [0.717, 1.165) is 11.1 Å². The number of carbonyl (C=O) groups is 3. The number of rotatable bonds is 5. The molecule has 0 saturated heterocycles. The molecule has 0 aromatic heterocycles. The van der Waals surface area contributed by atoms with E-state index in [-0.39, 0.29) is 6.42 Å². The Balaban J connectivity index is 2.63. The molecule has 0 bridgehead atoms. The molecule has 1 aromatic rings. The molecular weight excluding hydrogens is 234 g/mol. The van der Waals surface area contributed by atoms with E-state index in [1.54, 1.807) is 12.1 Å². The molecule has 1 aromatic carbocycles. The van der Waals surface area contributed by atoms with E-state index in [2.05, 4.69) is 5.32 Å². The second-order valence-electron chi connectivity index (χ2n) is 3.97. The third-order valence-electron chi connectivity index (χ3n) is 2.36. The Morgan fingerprint density at radius 3 is 2.06 bits per heavy atom. The van der Waals surface area contributed by atoms with Crippen LogP contribution in [0, 0.1) is 6.92 Å². The molecule has 6 nitrogen and oxygen atoms in total. The van der Waals surface area contributed by atoms with Crippen molar-refractivity contribution >= 4 is 17.7 Å². The van der Waals surface area contributed by atoms with E-state index in [0.29, 0.717) is 0 Å². The Bertz CT molecular complexity index is 454. The molecule has 0 spiro atoms. The summed E-state index contributed by atoms with van der Waals surface area (Å²) >= 11 is 0. The van der Waals surface area contributed by atoms with E-state index in [4.69, 9.17) is 11.5 Å². The molecule has 0 heterocycles. The minimum absolute atomic E-state index is 0.0529. The third-order valence-corrected chi connectivity index (χ3v) is 2.36. The number of nitrogens with one attached hydrogen (secondary N) is 1. The fraction of sp³-hybridized carbons (Fsp3) is 0.250. The average Bonchev–Trinajstić information content (AvgIpc) is 2.28. The predicted molar refractivity (Wildman–Crippen MR) is 65.2 cm³/mol. The van der Waals surface area contributed by atoms with Crippen LogP contribution in [0.15, 0.2) is 24.3 Å². The normalized spacial score (nSPS) is 10.1. The summed E-state index contributed by atoms with van der Waals surface area (Å²) < 4.78 is 0. The number of nitrogens with two attached hydrogens (primary N) is 2. The van der Waals surface area contributed by atoms with Gasteiger partial charge in [0.05, 0.1) is 6.42 Å². The second kappa shape index (κ2) is 5.81. The van der Waals surface area contributed by atoms with Crippen LogP contribution in [0.4, 0.5) is 0 Å². The van der Waals surface area contributed by atoms with Crippen molar-refractivity contribution in [3.63, 3.8) is 0 Å². The molecule has 0 saturated carbocycles. The Hall–Kier alpha value is -2.37. The maximum absolute atomic E-state index is 11.6. The summed E-state index contributed by atoms with van der Waals surface area (Å²) in [7, 11) is 0. The van der Waals surface area contributed by atoms with Crippen molar-refractivity contribution in [3.05, 3.63) is 35.4 Å². The fourth-order valence-corrected chi connectivity index (χ4v) is 1.39. The second-order valence-corrected chi connectivity index (χ2v) is 3.97. The lowest BCUT2D eigenvalue weighted by Gasteiger charge is -2.11. The molecule has 0 radical (unpaired) electrons. The van der Waals surface area contributed by atoms with Crippen molar-refractivity contribution in [1.29, 1.82) is 0 Å². The Kier molecular flexibility index (Phi) is 4.42. The van der Waals surface area contributed by atoms with E-state index in [1.807, 2.05) is 19.1 Å². The number of aryl methyl sites for hydroxylation is 1. The van der Waals surface area contributed by atoms with Crippen molar-refractivity contribution in [2.75, 3.05) is 0 Å². The smallest absolute Gasteiger partial charge is 0.249 e. The highest BCUT2D eigenvalue weighted by Crippen LogP contribution is 2.03. The summed E-state index contributed by atoms with van der Waals surface area (Å²) in [4.78, 5) is 33.4. The van der Waals surface area contributed by atoms with Gasteiger partial charge in [0.2, 0.25) is 17.7 Å².